The van der Waals surface area contributed by atoms with E-state index in [1.165, 1.54) is 6.33 Å². The maximum absolute atomic E-state index is 10.7. The molecule has 0 saturated carbocycles. The van der Waals surface area contributed by atoms with Gasteiger partial charge in [-0.05, 0) is 20.3 Å². The second kappa shape index (κ2) is 4.92. The lowest BCUT2D eigenvalue weighted by Gasteiger charge is -2.24. The Balaban J connectivity index is 2.75. The number of aliphatic carboxylic acids is 1. The molecule has 1 rings (SSSR count). The zero-order valence-corrected chi connectivity index (χ0v) is 9.82. The minimum Gasteiger partial charge on any atom is -0.481 e. The third kappa shape index (κ3) is 3.84. The van der Waals surface area contributed by atoms with E-state index >= 15 is 0 Å². The van der Waals surface area contributed by atoms with Crippen LogP contribution in [0.25, 0.3) is 0 Å². The van der Waals surface area contributed by atoms with Crippen LogP contribution in [0, 0.1) is 0 Å². The summed E-state index contributed by atoms with van der Waals surface area (Å²) >= 11 is 0. The SMILES string of the molecule is CCc1cc(NC(C)(C)CC(=O)O)ncn1. The van der Waals surface area contributed by atoms with Crippen LogP contribution in [0.15, 0.2) is 12.4 Å². The Labute approximate surface area is 94.9 Å². The highest BCUT2D eigenvalue weighted by atomic mass is 16.4. The molecule has 2 N–H and O–H groups in total. The van der Waals surface area contributed by atoms with Crippen LogP contribution in [-0.2, 0) is 11.2 Å². The van der Waals surface area contributed by atoms with Crippen molar-refractivity contribution in [2.75, 3.05) is 5.32 Å². The Bertz CT molecular complexity index is 377. The Morgan fingerprint density at radius 1 is 1.50 bits per heavy atom. The highest BCUT2D eigenvalue weighted by Gasteiger charge is 2.21. The number of anilines is 1. The number of carboxylic acid groups (broad SMARTS) is 1. The number of carbonyl (C=O) groups is 1. The molecule has 1 aromatic heterocycles. The fraction of sp³-hybridized carbons (Fsp3) is 0.545. The lowest BCUT2D eigenvalue weighted by molar-refractivity contribution is -0.137. The zero-order valence-electron chi connectivity index (χ0n) is 9.82. The molecule has 0 unspecified atom stereocenters. The third-order valence-corrected chi connectivity index (χ3v) is 2.15. The topological polar surface area (TPSA) is 75.1 Å². The number of nitrogens with one attached hydrogen (secondary N) is 1. The van der Waals surface area contributed by atoms with Crippen LogP contribution in [-0.4, -0.2) is 26.6 Å². The van der Waals surface area contributed by atoms with Gasteiger partial charge in [-0.1, -0.05) is 6.92 Å². The molecule has 0 aliphatic heterocycles. The van der Waals surface area contributed by atoms with Gasteiger partial charge in [0.2, 0.25) is 0 Å². The second-order valence-electron chi connectivity index (χ2n) is 4.33. The minimum absolute atomic E-state index is 0.0401. The highest BCUT2D eigenvalue weighted by molar-refractivity contribution is 5.69. The average Bonchev–Trinajstić information content (AvgIpc) is 2.15. The van der Waals surface area contributed by atoms with Crippen molar-refractivity contribution < 1.29 is 9.90 Å². The van der Waals surface area contributed by atoms with E-state index in [9.17, 15) is 4.79 Å². The van der Waals surface area contributed by atoms with Gasteiger partial charge in [-0.25, -0.2) is 9.97 Å². The first kappa shape index (κ1) is 12.4. The molecule has 5 nitrogen and oxygen atoms in total. The molecule has 0 amide bonds. The molecule has 0 bridgehead atoms. The lowest BCUT2D eigenvalue weighted by atomic mass is 10.0. The molecule has 0 aromatic carbocycles. The van der Waals surface area contributed by atoms with Crippen molar-refractivity contribution >= 4 is 11.8 Å². The molecule has 1 heterocycles. The van der Waals surface area contributed by atoms with E-state index in [-0.39, 0.29) is 6.42 Å². The van der Waals surface area contributed by atoms with Crippen LogP contribution in [0.3, 0.4) is 0 Å². The third-order valence-electron chi connectivity index (χ3n) is 2.15. The van der Waals surface area contributed by atoms with E-state index in [1.54, 1.807) is 0 Å². The molecular formula is C11H17N3O2. The molecule has 0 aliphatic rings. The van der Waals surface area contributed by atoms with Gasteiger partial charge in [0.25, 0.3) is 0 Å². The van der Waals surface area contributed by atoms with Gasteiger partial charge in [-0.3, -0.25) is 4.79 Å². The van der Waals surface area contributed by atoms with Gasteiger partial charge in [-0.2, -0.15) is 0 Å². The van der Waals surface area contributed by atoms with Crippen molar-refractivity contribution in [1.29, 1.82) is 0 Å². The van der Waals surface area contributed by atoms with Crippen LogP contribution >= 0.6 is 0 Å². The second-order valence-corrected chi connectivity index (χ2v) is 4.33. The smallest absolute Gasteiger partial charge is 0.305 e. The number of carboxylic acids is 1. The summed E-state index contributed by atoms with van der Waals surface area (Å²) in [5, 5.41) is 11.8. The fourth-order valence-corrected chi connectivity index (χ4v) is 1.43. The van der Waals surface area contributed by atoms with E-state index in [0.717, 1.165) is 12.1 Å². The van der Waals surface area contributed by atoms with Crippen molar-refractivity contribution in [2.24, 2.45) is 0 Å². The molecule has 88 valence electrons. The fourth-order valence-electron chi connectivity index (χ4n) is 1.43. The molecule has 16 heavy (non-hydrogen) atoms. The monoisotopic (exact) mass is 223 g/mol. The van der Waals surface area contributed by atoms with Crippen LogP contribution in [0.4, 0.5) is 5.82 Å². The largest absolute Gasteiger partial charge is 0.481 e. The Kier molecular flexibility index (Phi) is 3.82. The summed E-state index contributed by atoms with van der Waals surface area (Å²) in [5.41, 5.74) is 0.411. The number of hydrogen-bond acceptors (Lipinski definition) is 4. The first-order valence-electron chi connectivity index (χ1n) is 5.24. The Morgan fingerprint density at radius 2 is 2.19 bits per heavy atom. The Hall–Kier alpha value is -1.65. The Morgan fingerprint density at radius 3 is 2.75 bits per heavy atom. The van der Waals surface area contributed by atoms with Gasteiger partial charge in [0.15, 0.2) is 0 Å². The van der Waals surface area contributed by atoms with Crippen molar-refractivity contribution in [1.82, 2.24) is 9.97 Å². The molecule has 0 fully saturated rings. The number of rotatable bonds is 5. The van der Waals surface area contributed by atoms with E-state index in [1.807, 2.05) is 26.8 Å². The average molecular weight is 223 g/mol. The van der Waals surface area contributed by atoms with Crippen molar-refractivity contribution in [3.63, 3.8) is 0 Å². The molecule has 0 spiro atoms. The van der Waals surface area contributed by atoms with Crippen molar-refractivity contribution in [3.05, 3.63) is 18.1 Å². The first-order chi connectivity index (χ1) is 7.43. The molecule has 0 saturated heterocycles. The van der Waals surface area contributed by atoms with E-state index < -0.39 is 11.5 Å². The normalized spacial score (nSPS) is 11.2. The van der Waals surface area contributed by atoms with E-state index in [0.29, 0.717) is 5.82 Å². The zero-order chi connectivity index (χ0) is 12.2. The van der Waals surface area contributed by atoms with E-state index in [4.69, 9.17) is 5.11 Å². The predicted molar refractivity (Wildman–Crippen MR) is 61.4 cm³/mol. The summed E-state index contributed by atoms with van der Waals surface area (Å²) < 4.78 is 0. The molecule has 5 heteroatoms. The van der Waals surface area contributed by atoms with Crippen molar-refractivity contribution in [3.8, 4) is 0 Å². The summed E-state index contributed by atoms with van der Waals surface area (Å²) in [7, 11) is 0. The van der Waals surface area contributed by atoms with Crippen LogP contribution in [0.5, 0.6) is 0 Å². The number of aryl methyl sites for hydroxylation is 1. The standard InChI is InChI=1S/C11H17N3O2/c1-4-8-5-9(13-7-12-8)14-11(2,3)6-10(15)16/h5,7H,4,6H2,1-3H3,(H,15,16)(H,12,13,14). The molecule has 0 radical (unpaired) electrons. The van der Waals surface area contributed by atoms with Gasteiger partial charge in [0.05, 0.1) is 6.42 Å². The molecule has 0 atom stereocenters. The lowest BCUT2D eigenvalue weighted by Crippen LogP contribution is -2.34. The number of nitrogens with zero attached hydrogens (tertiary/aromatic N) is 2. The summed E-state index contributed by atoms with van der Waals surface area (Å²) in [6.45, 7) is 5.66. The van der Waals surface area contributed by atoms with Gasteiger partial charge in [-0.15, -0.1) is 0 Å². The molecule has 1 aromatic rings. The van der Waals surface area contributed by atoms with Gasteiger partial charge >= 0.3 is 5.97 Å². The predicted octanol–water partition coefficient (Wildman–Crippen LogP) is 1.70. The van der Waals surface area contributed by atoms with Crippen molar-refractivity contribution in [2.45, 2.75) is 39.2 Å². The highest BCUT2D eigenvalue weighted by Crippen LogP contribution is 2.16. The first-order valence-corrected chi connectivity index (χ1v) is 5.24. The van der Waals surface area contributed by atoms with E-state index in [2.05, 4.69) is 15.3 Å². The van der Waals surface area contributed by atoms with Crippen LogP contribution in [0.1, 0.15) is 32.9 Å². The van der Waals surface area contributed by atoms with Crippen LogP contribution < -0.4 is 5.32 Å². The quantitative estimate of drug-likeness (QED) is 0.794. The number of aromatic nitrogens is 2. The summed E-state index contributed by atoms with van der Waals surface area (Å²) in [5.74, 6) is -0.166. The molecule has 0 aliphatic carbocycles. The maximum atomic E-state index is 10.7. The van der Waals surface area contributed by atoms with Gasteiger partial charge < -0.3 is 10.4 Å². The van der Waals surface area contributed by atoms with Crippen LogP contribution in [0.2, 0.25) is 0 Å². The van der Waals surface area contributed by atoms with Gasteiger partial charge in [0.1, 0.15) is 12.1 Å². The minimum atomic E-state index is -0.831. The summed E-state index contributed by atoms with van der Waals surface area (Å²) in [6.07, 6.45) is 2.35. The maximum Gasteiger partial charge on any atom is 0.305 e. The molecular weight excluding hydrogens is 206 g/mol. The van der Waals surface area contributed by atoms with Gasteiger partial charge in [0, 0.05) is 17.3 Å². The summed E-state index contributed by atoms with van der Waals surface area (Å²) in [4.78, 5) is 18.8. The number of hydrogen-bond donors (Lipinski definition) is 2. The summed E-state index contributed by atoms with van der Waals surface area (Å²) in [6, 6.07) is 1.84.